The third-order valence-electron chi connectivity index (χ3n) is 25.2. The van der Waals surface area contributed by atoms with E-state index in [0.717, 1.165) is 37.9 Å². The van der Waals surface area contributed by atoms with Crippen LogP contribution in [-0.4, -0.2) is 369 Å². The second kappa shape index (κ2) is 53.6. The number of carboxylic acid groups (broad SMARTS) is 3. The second-order valence-electron chi connectivity index (χ2n) is 36.3. The Morgan fingerprint density at radius 3 is 1.70 bits per heavy atom. The normalized spacial score (nSPS) is 21.7. The van der Waals surface area contributed by atoms with E-state index in [0.29, 0.717) is 65.6 Å². The van der Waals surface area contributed by atoms with Crippen molar-refractivity contribution in [1.82, 2.24) is 104 Å². The minimum absolute atomic E-state index is 0.0295. The molecule has 47 heteroatoms. The molecule has 1 unspecified atom stereocenters. The number of nitrogens with zero attached hydrogens (tertiary/aromatic N) is 5. The van der Waals surface area contributed by atoms with Gasteiger partial charge in [-0.25, -0.2) is 0 Å². The standard InChI is InChI=1S/C94H130N22O23S2/c1-6-94(4,5)81(111-91(136)80(54(2)117)110-87(132)67(101-55(3)118)42-59-46-99-63-20-11-9-18-61(59)63)92(137)109-73-53-141-140-52-72(89(134)106-70(93(138)116-29-15-23-74(116)82(96)127)43-60-47-100-64-21-12-10-19-62(60)64)108-86(131)69(45-77(121)122)105-83(128)65(22-13-14-26-98-76(120)49-114-34-32-112(50-78(123)124)30-27-97-28-31-113(33-35-114)51-79(125)126)102-84(129)66(41-56-24-25-57-16-7-8-17-58(57)40-56)103-85(130)68(44-75(95)119)104-88(133)71(107-90(73)135)48-115-36-38-139-39-37-115/h7-12,16-21,24-25,40,46-47,54,65-74,80-81,97,99-100,117H,6,13-15,22-23,26-39,41-45,48-53H2,1-5H3,(H2,95,119)(H2,96,127)(H,98,120)(H,101,118)(H,102,129)(H,103,130)(H,104,133)(H,105,128)(H,106,134)(H,107,135)(H,108,131)(H,109,137)(H,110,132)(H,111,136)(H,121,122)(H,123,124)(H,125,126)/t54-,65+,66+,67+,68+,69+,70+,71?,72+,73+,74+,80+,81-/m1/s1. The van der Waals surface area contributed by atoms with Crippen molar-refractivity contribution in [2.24, 2.45) is 16.9 Å². The van der Waals surface area contributed by atoms with Crippen molar-refractivity contribution in [2.45, 2.75) is 184 Å². The molecule has 4 fully saturated rings. The molecule has 23 N–H and O–H groups in total. The Bertz CT molecular complexity index is 5410. The van der Waals surface area contributed by atoms with Gasteiger partial charge in [0, 0.05) is 157 Å². The van der Waals surface area contributed by atoms with Crippen LogP contribution in [0.15, 0.2) is 103 Å². The number of para-hydroxylation sites is 2. The first kappa shape index (κ1) is 110. The van der Waals surface area contributed by atoms with E-state index in [9.17, 15) is 63.6 Å². The van der Waals surface area contributed by atoms with Crippen LogP contribution in [-0.2, 0) is 110 Å². The Labute approximate surface area is 821 Å². The Hall–Kier alpha value is -12.9. The average molecular weight is 2000 g/mol. The van der Waals surface area contributed by atoms with Crippen LogP contribution in [0.3, 0.4) is 0 Å². The van der Waals surface area contributed by atoms with Crippen LogP contribution < -0.4 is 80.6 Å². The Morgan fingerprint density at radius 2 is 1.10 bits per heavy atom. The number of rotatable bonds is 37. The molecule has 0 bridgehead atoms. The number of aliphatic hydroxyl groups excluding tert-OH is 1. The Balaban J connectivity index is 1.02. The number of carbonyl (C=O) groups excluding carboxylic acids is 15. The third kappa shape index (κ3) is 33.7. The van der Waals surface area contributed by atoms with Crippen molar-refractivity contribution in [3.05, 3.63) is 120 Å². The third-order valence-corrected chi connectivity index (χ3v) is 27.7. The minimum Gasteiger partial charge on any atom is -0.481 e. The fourth-order valence-electron chi connectivity index (χ4n) is 17.1. The van der Waals surface area contributed by atoms with E-state index in [-0.39, 0.29) is 137 Å². The number of likely N-dealkylation sites (tertiary alicyclic amines) is 1. The molecule has 6 heterocycles. The molecule has 0 aliphatic carbocycles. The van der Waals surface area contributed by atoms with Crippen LogP contribution >= 0.6 is 21.6 Å². The molecule has 4 aromatic carbocycles. The number of aliphatic carboxylic acids is 3. The molecule has 45 nitrogen and oxygen atoms in total. The minimum atomic E-state index is -2.16. The van der Waals surface area contributed by atoms with E-state index >= 15 is 43.2 Å². The van der Waals surface area contributed by atoms with E-state index < -0.39 is 221 Å². The number of H-pyrrole nitrogens is 2. The van der Waals surface area contributed by atoms with Gasteiger partial charge < -0.3 is 121 Å². The van der Waals surface area contributed by atoms with Gasteiger partial charge in [-0.05, 0) is 90.5 Å². The molecule has 10 rings (SSSR count). The molecular formula is C94H130N22O23S2. The van der Waals surface area contributed by atoms with Gasteiger partial charge in [0.15, 0.2) is 0 Å². The molecule has 4 aliphatic rings. The summed E-state index contributed by atoms with van der Waals surface area (Å²) in [7, 11) is 1.53. The van der Waals surface area contributed by atoms with Crippen LogP contribution in [0.5, 0.6) is 0 Å². The van der Waals surface area contributed by atoms with Crippen LogP contribution in [0.2, 0.25) is 0 Å². The number of primary amides is 2. The first-order valence-electron chi connectivity index (χ1n) is 47.1. The largest absolute Gasteiger partial charge is 0.481 e. The maximum absolute atomic E-state index is 15.8. The summed E-state index contributed by atoms with van der Waals surface area (Å²) < 4.78 is 5.64. The number of unbranched alkanes of at least 4 members (excludes halogenated alkanes) is 1. The number of carboxylic acids is 3. The predicted octanol–water partition coefficient (Wildman–Crippen LogP) is -3.48. The highest BCUT2D eigenvalue weighted by Crippen LogP contribution is 2.30. The van der Waals surface area contributed by atoms with Gasteiger partial charge in [0.05, 0.1) is 51.8 Å². The molecule has 15 amide bonds. The summed E-state index contributed by atoms with van der Waals surface area (Å²) in [6.45, 7) is 8.95. The number of aliphatic hydroxyl groups is 1. The lowest BCUT2D eigenvalue weighted by Gasteiger charge is -2.36. The van der Waals surface area contributed by atoms with Crippen LogP contribution in [0.4, 0.5) is 0 Å². The van der Waals surface area contributed by atoms with E-state index in [1.165, 1.54) is 18.7 Å². The lowest BCUT2D eigenvalue weighted by atomic mass is 9.81. The number of hydrogen-bond donors (Lipinski definition) is 21. The first-order chi connectivity index (χ1) is 67.3. The second-order valence-corrected chi connectivity index (χ2v) is 38.9. The molecule has 0 radical (unpaired) electrons. The van der Waals surface area contributed by atoms with Gasteiger partial charge >= 0.3 is 17.9 Å². The predicted molar refractivity (Wildman–Crippen MR) is 521 cm³/mol. The number of fused-ring (bicyclic) bond motifs is 3. The maximum atomic E-state index is 15.8. The number of aromatic nitrogens is 2. The van der Waals surface area contributed by atoms with Crippen molar-refractivity contribution in [3.63, 3.8) is 0 Å². The highest BCUT2D eigenvalue weighted by Gasteiger charge is 2.44. The van der Waals surface area contributed by atoms with Gasteiger partial charge in [0.2, 0.25) is 88.6 Å². The first-order valence-corrected chi connectivity index (χ1v) is 49.6. The van der Waals surface area contributed by atoms with Crippen LogP contribution in [0, 0.1) is 5.41 Å². The number of amides is 15. The van der Waals surface area contributed by atoms with E-state index in [1.54, 1.807) is 138 Å². The number of benzene rings is 4. The summed E-state index contributed by atoms with van der Waals surface area (Å²) in [4.78, 5) is 274. The van der Waals surface area contributed by atoms with Crippen molar-refractivity contribution >= 4 is 161 Å². The number of ether oxygens (including phenoxy) is 1. The van der Waals surface area contributed by atoms with Gasteiger partial charge in [0.1, 0.15) is 72.5 Å². The number of aromatic amines is 2. The number of nitrogens with two attached hydrogens (primary N) is 2. The molecule has 4 aliphatic heterocycles. The Kier molecular flexibility index (Phi) is 41.9. The van der Waals surface area contributed by atoms with Crippen molar-refractivity contribution in [1.29, 1.82) is 0 Å². The summed E-state index contributed by atoms with van der Waals surface area (Å²) in [5.74, 6) is -20.2. The van der Waals surface area contributed by atoms with Crippen molar-refractivity contribution in [2.75, 3.05) is 129 Å². The molecule has 766 valence electrons. The Morgan fingerprint density at radius 1 is 0.553 bits per heavy atom. The topological polar surface area (TPSA) is 654 Å². The van der Waals surface area contributed by atoms with E-state index in [4.69, 9.17) is 16.2 Å². The highest BCUT2D eigenvalue weighted by atomic mass is 33.1. The lowest BCUT2D eigenvalue weighted by Crippen LogP contribution is -2.64. The van der Waals surface area contributed by atoms with E-state index in [2.05, 4.69) is 79.1 Å². The lowest BCUT2D eigenvalue weighted by molar-refractivity contribution is -0.142. The van der Waals surface area contributed by atoms with Gasteiger partial charge in [-0.2, -0.15) is 0 Å². The number of carbonyl (C=O) groups is 18. The molecule has 0 saturated carbocycles. The molecule has 6 aromatic rings. The van der Waals surface area contributed by atoms with Crippen molar-refractivity contribution < 1.29 is 111 Å². The summed E-state index contributed by atoms with van der Waals surface area (Å²) in [5, 5.41) is 79.3. The molecule has 141 heavy (non-hydrogen) atoms. The molecular weight excluding hydrogens is 1870 g/mol. The summed E-state index contributed by atoms with van der Waals surface area (Å²) in [5.41, 5.74) is 13.3. The quantitative estimate of drug-likeness (QED) is 0.0133. The smallest absolute Gasteiger partial charge is 0.317 e. The highest BCUT2D eigenvalue weighted by molar-refractivity contribution is 8.76. The fourth-order valence-corrected chi connectivity index (χ4v) is 19.4. The van der Waals surface area contributed by atoms with Gasteiger partial charge in [0.25, 0.3) is 0 Å². The van der Waals surface area contributed by atoms with E-state index in [1.807, 2.05) is 6.07 Å². The van der Waals surface area contributed by atoms with Crippen LogP contribution in [0.1, 0.15) is 103 Å². The molecule has 0 spiro atoms. The zero-order valence-corrected chi connectivity index (χ0v) is 81.1. The van der Waals surface area contributed by atoms with Crippen LogP contribution in [0.25, 0.3) is 32.6 Å². The number of morpholine rings is 1. The van der Waals surface area contributed by atoms with Crippen molar-refractivity contribution in [3.8, 4) is 0 Å². The summed E-state index contributed by atoms with van der Waals surface area (Å²) >= 11 is 0. The maximum Gasteiger partial charge on any atom is 0.317 e. The number of hydrogen-bond acceptors (Lipinski definition) is 27. The summed E-state index contributed by atoms with van der Waals surface area (Å²) in [6, 6.07) is 5.71. The zero-order chi connectivity index (χ0) is 102. The molecule has 4 saturated heterocycles. The van der Waals surface area contributed by atoms with Gasteiger partial charge in [-0.15, -0.1) is 0 Å². The molecule has 2 aromatic heterocycles. The molecule has 13 atom stereocenters. The SMILES string of the molecule is CCC(C)(C)[C@H](NC(=O)[C@@H](NC(=O)[C@H](Cc1c[nH]c2ccccc12)NC(C)=O)[C@@H](C)O)C(=O)N[C@H]1CSSC[C@@H](C(=O)N[C@@H](Cc2c[nH]c3ccccc23)C(=O)N2CCC[C@H]2C(N)=O)NC(=O)[C@H](CC(=O)O)NC(=O)[C@H](CCCCNC(=O)CN2CCN(CC(=O)O)CCNCCN(CC(=O)O)CC2)NC(=O)[C@H](Cc2ccc3ccccc3c2)NC(=O)[C@H](CC(N)=O)NC(=O)C(CN2CCOCC2)NC1=O. The number of nitrogens with one attached hydrogen (secondary N) is 15. The zero-order valence-electron chi connectivity index (χ0n) is 79.5. The summed E-state index contributed by atoms with van der Waals surface area (Å²) in [6.07, 6.45) is -1.08. The fraction of sp³-hybridized carbons (Fsp3) is 0.532. The average Bonchev–Trinajstić information content (AvgIpc) is 1.75. The monoisotopic (exact) mass is 2000 g/mol. The van der Waals surface area contributed by atoms with Gasteiger partial charge in [-0.1, -0.05) is 121 Å². The van der Waals surface area contributed by atoms with Gasteiger partial charge in [-0.3, -0.25) is 106 Å².